The van der Waals surface area contributed by atoms with Gasteiger partial charge in [-0.15, -0.1) is 0 Å². The van der Waals surface area contributed by atoms with E-state index < -0.39 is 11.7 Å². The summed E-state index contributed by atoms with van der Waals surface area (Å²) in [7, 11) is 3.97. The third-order valence-corrected chi connectivity index (χ3v) is 2.81. The van der Waals surface area contributed by atoms with Gasteiger partial charge >= 0.3 is 6.18 Å². The Bertz CT molecular complexity index is 476. The van der Waals surface area contributed by atoms with E-state index in [-0.39, 0.29) is 5.56 Å². The molecule has 1 aromatic carbocycles. The van der Waals surface area contributed by atoms with Crippen LogP contribution < -0.4 is 5.32 Å². The summed E-state index contributed by atoms with van der Waals surface area (Å²) in [6.07, 6.45) is -2.54. The average Bonchev–Trinajstić information content (AvgIpc) is 2.36. The molecule has 0 saturated carbocycles. The number of hydrogen-bond acceptors (Lipinski definition) is 3. The Balaban J connectivity index is 2.61. The van der Waals surface area contributed by atoms with Gasteiger partial charge in [0, 0.05) is 6.54 Å². The minimum Gasteiger partial charge on any atom is -0.384 e. The number of nitriles is 1. The van der Waals surface area contributed by atoms with Crippen molar-refractivity contribution < 1.29 is 13.2 Å². The van der Waals surface area contributed by atoms with Gasteiger partial charge in [0.15, 0.2) is 0 Å². The van der Waals surface area contributed by atoms with Gasteiger partial charge in [0.2, 0.25) is 0 Å². The number of nitrogens with one attached hydrogen (secondary N) is 1. The van der Waals surface area contributed by atoms with E-state index in [1.807, 2.05) is 14.1 Å². The van der Waals surface area contributed by atoms with Crippen LogP contribution in [-0.2, 0) is 6.18 Å². The molecular weight excluding hydrogens is 267 g/mol. The summed E-state index contributed by atoms with van der Waals surface area (Å²) in [4.78, 5) is 2.07. The van der Waals surface area contributed by atoms with E-state index in [0.717, 1.165) is 31.5 Å². The fraction of sp³-hybridized carbons (Fsp3) is 0.500. The Morgan fingerprint density at radius 2 is 1.95 bits per heavy atom. The highest BCUT2D eigenvalue weighted by Crippen LogP contribution is 2.31. The van der Waals surface area contributed by atoms with Crippen LogP contribution in [0.25, 0.3) is 0 Å². The van der Waals surface area contributed by atoms with Crippen molar-refractivity contribution in [2.75, 3.05) is 32.5 Å². The molecule has 20 heavy (non-hydrogen) atoms. The first kappa shape index (κ1) is 16.3. The van der Waals surface area contributed by atoms with Crippen LogP contribution in [0.3, 0.4) is 0 Å². The van der Waals surface area contributed by atoms with Gasteiger partial charge in [0.25, 0.3) is 0 Å². The van der Waals surface area contributed by atoms with Crippen LogP contribution >= 0.6 is 0 Å². The van der Waals surface area contributed by atoms with Crippen molar-refractivity contribution in [1.82, 2.24) is 4.90 Å². The third kappa shape index (κ3) is 5.10. The van der Waals surface area contributed by atoms with E-state index in [1.165, 1.54) is 6.07 Å². The Hall–Kier alpha value is -1.74. The van der Waals surface area contributed by atoms with Crippen molar-refractivity contribution in [2.24, 2.45) is 0 Å². The van der Waals surface area contributed by atoms with Crippen molar-refractivity contribution in [3.63, 3.8) is 0 Å². The van der Waals surface area contributed by atoms with Crippen LogP contribution in [0.15, 0.2) is 18.2 Å². The highest BCUT2D eigenvalue weighted by molar-refractivity contribution is 5.58. The quantitative estimate of drug-likeness (QED) is 0.815. The van der Waals surface area contributed by atoms with Crippen molar-refractivity contribution in [1.29, 1.82) is 5.26 Å². The van der Waals surface area contributed by atoms with E-state index in [4.69, 9.17) is 5.26 Å². The topological polar surface area (TPSA) is 39.1 Å². The number of halogens is 3. The molecule has 0 fully saturated rings. The van der Waals surface area contributed by atoms with Gasteiger partial charge < -0.3 is 10.2 Å². The lowest BCUT2D eigenvalue weighted by Crippen LogP contribution is -2.14. The predicted molar refractivity (Wildman–Crippen MR) is 72.4 cm³/mol. The Kier molecular flexibility index (Phi) is 5.83. The molecular formula is C14H18F3N3. The maximum absolute atomic E-state index is 12.5. The highest BCUT2D eigenvalue weighted by atomic mass is 19.4. The molecule has 110 valence electrons. The highest BCUT2D eigenvalue weighted by Gasteiger charge is 2.30. The largest absolute Gasteiger partial charge is 0.416 e. The summed E-state index contributed by atoms with van der Waals surface area (Å²) in [5.74, 6) is 0. The predicted octanol–water partition coefficient (Wildman–Crippen LogP) is 3.33. The lowest BCUT2D eigenvalue weighted by molar-refractivity contribution is -0.137. The van der Waals surface area contributed by atoms with Crippen LogP contribution in [0, 0.1) is 11.3 Å². The normalized spacial score (nSPS) is 11.4. The molecule has 0 atom stereocenters. The first-order chi connectivity index (χ1) is 9.34. The zero-order valence-electron chi connectivity index (χ0n) is 11.6. The molecule has 1 aromatic rings. The Morgan fingerprint density at radius 3 is 2.50 bits per heavy atom. The van der Waals surface area contributed by atoms with E-state index in [1.54, 1.807) is 6.07 Å². The molecule has 1 N–H and O–H groups in total. The molecule has 0 unspecified atom stereocenters. The van der Waals surface area contributed by atoms with Gasteiger partial charge in [-0.05, 0) is 51.7 Å². The molecule has 0 aromatic heterocycles. The molecule has 0 aliphatic carbocycles. The number of rotatable bonds is 6. The second-order valence-corrected chi connectivity index (χ2v) is 4.81. The Morgan fingerprint density at radius 1 is 1.25 bits per heavy atom. The van der Waals surface area contributed by atoms with E-state index in [0.29, 0.717) is 12.2 Å². The van der Waals surface area contributed by atoms with Crippen molar-refractivity contribution in [2.45, 2.75) is 19.0 Å². The van der Waals surface area contributed by atoms with Gasteiger partial charge in [-0.25, -0.2) is 0 Å². The Labute approximate surface area is 117 Å². The van der Waals surface area contributed by atoms with Crippen LogP contribution in [0.1, 0.15) is 24.0 Å². The fourth-order valence-electron chi connectivity index (χ4n) is 1.74. The first-order valence-corrected chi connectivity index (χ1v) is 6.34. The van der Waals surface area contributed by atoms with Crippen LogP contribution in [0.5, 0.6) is 0 Å². The number of unbranched alkanes of at least 4 members (excludes halogenated alkanes) is 1. The number of hydrogen-bond donors (Lipinski definition) is 1. The molecule has 1 rings (SSSR count). The molecule has 0 bridgehead atoms. The summed E-state index contributed by atoms with van der Waals surface area (Å²) >= 11 is 0. The van der Waals surface area contributed by atoms with E-state index in [9.17, 15) is 13.2 Å². The number of alkyl halides is 3. The summed E-state index contributed by atoms with van der Waals surface area (Å²) in [5.41, 5.74) is -0.329. The minimum absolute atomic E-state index is 0.0208. The average molecular weight is 285 g/mol. The molecule has 0 radical (unpaired) electrons. The summed E-state index contributed by atoms with van der Waals surface area (Å²) in [6, 6.07) is 4.98. The fourth-order valence-corrected chi connectivity index (χ4v) is 1.74. The number of anilines is 1. The lowest BCUT2D eigenvalue weighted by Gasteiger charge is -2.12. The van der Waals surface area contributed by atoms with E-state index >= 15 is 0 Å². The zero-order chi connectivity index (χ0) is 15.2. The summed E-state index contributed by atoms with van der Waals surface area (Å²) in [6.45, 7) is 1.59. The molecule has 3 nitrogen and oxygen atoms in total. The van der Waals surface area contributed by atoms with Crippen LogP contribution in [-0.4, -0.2) is 32.1 Å². The second kappa shape index (κ2) is 7.15. The van der Waals surface area contributed by atoms with Crippen molar-refractivity contribution in [3.8, 4) is 6.07 Å². The van der Waals surface area contributed by atoms with Gasteiger partial charge in [0.1, 0.15) is 6.07 Å². The van der Waals surface area contributed by atoms with Gasteiger partial charge in [-0.2, -0.15) is 18.4 Å². The van der Waals surface area contributed by atoms with Crippen molar-refractivity contribution >= 4 is 5.69 Å². The molecule has 0 aliphatic heterocycles. The van der Waals surface area contributed by atoms with Gasteiger partial charge in [-0.3, -0.25) is 0 Å². The summed E-state index contributed by atoms with van der Waals surface area (Å²) < 4.78 is 37.6. The molecule has 0 amide bonds. The van der Waals surface area contributed by atoms with Crippen molar-refractivity contribution in [3.05, 3.63) is 29.3 Å². The monoisotopic (exact) mass is 285 g/mol. The van der Waals surface area contributed by atoms with Crippen LogP contribution in [0.2, 0.25) is 0 Å². The number of nitrogens with zero attached hydrogens (tertiary/aromatic N) is 2. The maximum Gasteiger partial charge on any atom is 0.416 e. The molecule has 0 spiro atoms. The third-order valence-electron chi connectivity index (χ3n) is 2.81. The molecule has 6 heteroatoms. The van der Waals surface area contributed by atoms with Crippen LogP contribution in [0.4, 0.5) is 18.9 Å². The molecule has 0 aliphatic rings. The van der Waals surface area contributed by atoms with E-state index in [2.05, 4.69) is 10.2 Å². The van der Waals surface area contributed by atoms with Gasteiger partial charge in [0.05, 0.1) is 16.8 Å². The SMILES string of the molecule is CN(C)CCCCNc1ccc(C(F)(F)F)cc1C#N. The zero-order valence-corrected chi connectivity index (χ0v) is 11.6. The molecule has 0 saturated heterocycles. The first-order valence-electron chi connectivity index (χ1n) is 6.34. The second-order valence-electron chi connectivity index (χ2n) is 4.81. The standard InChI is InChI=1S/C14H18F3N3/c1-20(2)8-4-3-7-19-13-6-5-12(14(15,16)17)9-11(13)10-18/h5-6,9,19H,3-4,7-8H2,1-2H3. The van der Waals surface area contributed by atoms with Gasteiger partial charge in [-0.1, -0.05) is 0 Å². The maximum atomic E-state index is 12.5. The molecule has 0 heterocycles. The summed E-state index contributed by atoms with van der Waals surface area (Å²) in [5, 5.41) is 11.9. The lowest BCUT2D eigenvalue weighted by atomic mass is 10.1. The number of benzene rings is 1. The minimum atomic E-state index is -4.42. The smallest absolute Gasteiger partial charge is 0.384 e.